The molecular formula is C8H12F2N2O2. The Morgan fingerprint density at radius 2 is 2.29 bits per heavy atom. The Hall–Kier alpha value is -1.22. The number of carbonyl (C=O) groups excluding carboxylic acids is 1. The molecule has 14 heavy (non-hydrogen) atoms. The van der Waals surface area contributed by atoms with Crippen molar-refractivity contribution in [3.63, 3.8) is 0 Å². The van der Waals surface area contributed by atoms with E-state index in [0.29, 0.717) is 0 Å². The average molecular weight is 206 g/mol. The second-order valence-corrected chi connectivity index (χ2v) is 2.63. The first-order valence-corrected chi connectivity index (χ1v) is 4.11. The molecule has 1 unspecified atom stereocenters. The third-order valence-corrected chi connectivity index (χ3v) is 1.29. The van der Waals surface area contributed by atoms with Crippen molar-refractivity contribution in [2.75, 3.05) is 13.2 Å². The summed E-state index contributed by atoms with van der Waals surface area (Å²) in [7, 11) is 0. The summed E-state index contributed by atoms with van der Waals surface area (Å²) in [5, 5.41) is 10.7. The lowest BCUT2D eigenvalue weighted by Crippen LogP contribution is -2.32. The van der Waals surface area contributed by atoms with Crippen molar-refractivity contribution in [3.8, 4) is 6.07 Å². The van der Waals surface area contributed by atoms with Crippen LogP contribution in [0, 0.1) is 11.3 Å². The molecule has 0 aromatic heterocycles. The minimum absolute atomic E-state index is 0.0151. The normalized spacial score (nSPS) is 12.2. The number of alkyl halides is 2. The fraction of sp³-hybridized carbons (Fsp3) is 0.750. The van der Waals surface area contributed by atoms with E-state index >= 15 is 0 Å². The average Bonchev–Trinajstić information content (AvgIpc) is 2.12. The third-order valence-electron chi connectivity index (χ3n) is 1.29. The van der Waals surface area contributed by atoms with Crippen LogP contribution in [0.3, 0.4) is 0 Å². The summed E-state index contributed by atoms with van der Waals surface area (Å²) in [5.74, 6) is -0.381. The molecular weight excluding hydrogens is 194 g/mol. The van der Waals surface area contributed by atoms with Crippen molar-refractivity contribution in [1.82, 2.24) is 5.32 Å². The highest BCUT2D eigenvalue weighted by Gasteiger charge is 2.06. The van der Waals surface area contributed by atoms with Gasteiger partial charge in [-0.25, -0.2) is 8.78 Å². The Kier molecular flexibility index (Phi) is 6.58. The van der Waals surface area contributed by atoms with Crippen molar-refractivity contribution in [1.29, 1.82) is 5.26 Å². The summed E-state index contributed by atoms with van der Waals surface area (Å²) in [4.78, 5) is 10.9. The van der Waals surface area contributed by atoms with E-state index in [4.69, 9.17) is 5.26 Å². The van der Waals surface area contributed by atoms with Crippen molar-refractivity contribution in [3.05, 3.63) is 0 Å². The maximum absolute atomic E-state index is 11.6. The number of hydrogen-bond acceptors (Lipinski definition) is 3. The lowest BCUT2D eigenvalue weighted by atomic mass is 10.3. The molecule has 0 aliphatic carbocycles. The van der Waals surface area contributed by atoms with Gasteiger partial charge in [-0.2, -0.15) is 5.26 Å². The monoisotopic (exact) mass is 206 g/mol. The molecule has 0 rings (SSSR count). The molecule has 1 amide bonds. The first-order valence-electron chi connectivity index (χ1n) is 4.11. The molecule has 80 valence electrons. The minimum atomic E-state index is -2.52. The van der Waals surface area contributed by atoms with Gasteiger partial charge >= 0.3 is 0 Å². The quantitative estimate of drug-likeness (QED) is 0.650. The summed E-state index contributed by atoms with van der Waals surface area (Å²) in [5.41, 5.74) is 0. The van der Waals surface area contributed by atoms with Crippen molar-refractivity contribution in [2.45, 2.75) is 25.8 Å². The molecule has 0 saturated heterocycles. The molecule has 6 heteroatoms. The predicted molar refractivity (Wildman–Crippen MR) is 44.7 cm³/mol. The number of halogens is 2. The maximum Gasteiger partial charge on any atom is 0.261 e. The number of nitrogens with one attached hydrogen (secondary N) is 1. The Balaban J connectivity index is 3.41. The van der Waals surface area contributed by atoms with Gasteiger partial charge in [0.15, 0.2) is 0 Å². The van der Waals surface area contributed by atoms with Gasteiger partial charge in [-0.1, -0.05) is 0 Å². The van der Waals surface area contributed by atoms with E-state index in [1.165, 1.54) is 6.92 Å². The summed E-state index contributed by atoms with van der Waals surface area (Å²) in [6.45, 7) is 0.799. The largest absolute Gasteiger partial charge is 0.375 e. The fourth-order valence-electron chi connectivity index (χ4n) is 0.683. The third kappa shape index (κ3) is 7.43. The van der Waals surface area contributed by atoms with Crippen LogP contribution >= 0.6 is 0 Å². The topological polar surface area (TPSA) is 62.1 Å². The summed E-state index contributed by atoms with van der Waals surface area (Å²) in [6, 6.07) is 1.24. The molecule has 4 nitrogen and oxygen atoms in total. The number of nitrogens with zero attached hydrogens (tertiary/aromatic N) is 1. The van der Waals surface area contributed by atoms with Crippen LogP contribution in [0.1, 0.15) is 13.3 Å². The van der Waals surface area contributed by atoms with Crippen molar-refractivity contribution >= 4 is 5.91 Å². The zero-order chi connectivity index (χ0) is 11.0. The maximum atomic E-state index is 11.6. The van der Waals surface area contributed by atoms with Gasteiger partial charge in [-0.05, 0) is 6.92 Å². The van der Waals surface area contributed by atoms with Gasteiger partial charge in [0.1, 0.15) is 12.6 Å². The lowest BCUT2D eigenvalue weighted by Gasteiger charge is -2.06. The summed E-state index contributed by atoms with van der Waals surface area (Å²) in [6.07, 6.45) is -2.53. The van der Waals surface area contributed by atoms with Gasteiger partial charge in [0.05, 0.1) is 12.7 Å². The first kappa shape index (κ1) is 12.8. The molecule has 0 spiro atoms. The summed E-state index contributed by atoms with van der Waals surface area (Å²) >= 11 is 0. The van der Waals surface area contributed by atoms with Gasteiger partial charge in [0, 0.05) is 6.42 Å². The molecule has 0 bridgehead atoms. The minimum Gasteiger partial charge on any atom is -0.375 e. The van der Waals surface area contributed by atoms with Crippen molar-refractivity contribution in [2.24, 2.45) is 0 Å². The second kappa shape index (κ2) is 7.21. The molecule has 0 fully saturated rings. The van der Waals surface area contributed by atoms with Crippen LogP contribution in [0.15, 0.2) is 0 Å². The van der Waals surface area contributed by atoms with Crippen LogP contribution in [-0.2, 0) is 9.53 Å². The van der Waals surface area contributed by atoms with E-state index < -0.39 is 19.1 Å². The molecule has 1 atom stereocenters. The van der Waals surface area contributed by atoms with Gasteiger partial charge in [-0.15, -0.1) is 0 Å². The zero-order valence-electron chi connectivity index (χ0n) is 7.80. The van der Waals surface area contributed by atoms with E-state index in [1.54, 1.807) is 0 Å². The summed E-state index contributed by atoms with van der Waals surface area (Å²) < 4.78 is 27.6. The lowest BCUT2D eigenvalue weighted by molar-refractivity contribution is -0.122. The molecule has 0 saturated carbocycles. The highest BCUT2D eigenvalue weighted by atomic mass is 19.3. The standard InChI is InChI=1S/C8H12F2N2O2/c1-6(4-11)12-8(13)2-3-14-5-7(9)10/h6-7H,2-3,5H2,1H3,(H,12,13). The highest BCUT2D eigenvalue weighted by molar-refractivity contribution is 5.76. The number of carbonyl (C=O) groups is 1. The number of rotatable bonds is 6. The van der Waals surface area contributed by atoms with Crippen LogP contribution in [0.4, 0.5) is 8.78 Å². The molecule has 0 aliphatic heterocycles. The van der Waals surface area contributed by atoms with Crippen LogP contribution in [-0.4, -0.2) is 31.6 Å². The number of ether oxygens (including phenoxy) is 1. The Morgan fingerprint density at radius 1 is 1.64 bits per heavy atom. The molecule has 0 aromatic rings. The molecule has 0 aromatic carbocycles. The van der Waals surface area contributed by atoms with Crippen LogP contribution < -0.4 is 5.32 Å². The van der Waals surface area contributed by atoms with E-state index in [1.807, 2.05) is 6.07 Å². The second-order valence-electron chi connectivity index (χ2n) is 2.63. The SMILES string of the molecule is CC(C#N)NC(=O)CCOCC(F)F. The number of hydrogen-bond donors (Lipinski definition) is 1. The number of nitriles is 1. The zero-order valence-corrected chi connectivity index (χ0v) is 7.80. The Labute approximate surface area is 80.8 Å². The first-order chi connectivity index (χ1) is 6.56. The van der Waals surface area contributed by atoms with Gasteiger partial charge in [0.2, 0.25) is 5.91 Å². The van der Waals surface area contributed by atoms with E-state index in [2.05, 4.69) is 10.1 Å². The molecule has 1 N–H and O–H groups in total. The number of amides is 1. The van der Waals surface area contributed by atoms with Crippen molar-refractivity contribution < 1.29 is 18.3 Å². The highest BCUT2D eigenvalue weighted by Crippen LogP contribution is 1.93. The van der Waals surface area contributed by atoms with Gasteiger partial charge < -0.3 is 10.1 Å². The molecule has 0 aliphatic rings. The fourth-order valence-corrected chi connectivity index (χ4v) is 0.683. The van der Waals surface area contributed by atoms with Crippen LogP contribution in [0.2, 0.25) is 0 Å². The predicted octanol–water partition coefficient (Wildman–Crippen LogP) is 0.686. The van der Waals surface area contributed by atoms with Crippen LogP contribution in [0.5, 0.6) is 0 Å². The van der Waals surface area contributed by atoms with Gasteiger partial charge in [-0.3, -0.25) is 4.79 Å². The molecule has 0 heterocycles. The van der Waals surface area contributed by atoms with Gasteiger partial charge in [0.25, 0.3) is 6.43 Å². The smallest absolute Gasteiger partial charge is 0.261 e. The van der Waals surface area contributed by atoms with E-state index in [0.717, 1.165) is 0 Å². The van der Waals surface area contributed by atoms with Crippen LogP contribution in [0.25, 0.3) is 0 Å². The van der Waals surface area contributed by atoms with E-state index in [9.17, 15) is 13.6 Å². The Bertz CT molecular complexity index is 216. The molecule has 0 radical (unpaired) electrons. The Morgan fingerprint density at radius 3 is 2.79 bits per heavy atom. The van der Waals surface area contributed by atoms with E-state index in [-0.39, 0.29) is 18.9 Å².